The minimum Gasteiger partial charge on any atom is -0.492 e. The van der Waals surface area contributed by atoms with Gasteiger partial charge in [0.2, 0.25) is 10.0 Å². The molecule has 0 spiro atoms. The Morgan fingerprint density at radius 1 is 1.23 bits per heavy atom. The Labute approximate surface area is 133 Å². The van der Waals surface area contributed by atoms with Crippen molar-refractivity contribution >= 4 is 10.0 Å². The Morgan fingerprint density at radius 2 is 1.82 bits per heavy atom. The van der Waals surface area contributed by atoms with Crippen LogP contribution in [-0.4, -0.2) is 63.2 Å². The van der Waals surface area contributed by atoms with Crippen molar-refractivity contribution in [1.82, 2.24) is 9.21 Å². The van der Waals surface area contributed by atoms with E-state index in [9.17, 15) is 8.42 Å². The zero-order valence-corrected chi connectivity index (χ0v) is 14.5. The van der Waals surface area contributed by atoms with Gasteiger partial charge in [-0.25, -0.2) is 12.7 Å². The molecule has 1 aromatic carbocycles. The number of nitrogens with zero attached hydrogens (tertiary/aromatic N) is 2. The predicted molar refractivity (Wildman–Crippen MR) is 88.7 cm³/mol. The zero-order chi connectivity index (χ0) is 16.2. The molecule has 124 valence electrons. The van der Waals surface area contributed by atoms with Gasteiger partial charge in [-0.2, -0.15) is 0 Å². The highest BCUT2D eigenvalue weighted by Gasteiger charge is 2.26. The maximum absolute atomic E-state index is 11.5. The van der Waals surface area contributed by atoms with Crippen LogP contribution >= 0.6 is 0 Å². The standard InChI is InChI=1S/C16H26N2O3S/c1-14-4-6-16(7-5-14)21-13-12-17(2)15-8-10-18(11-9-15)22(3,19)20/h4-7,15H,8-13H2,1-3H3. The molecule has 0 aromatic heterocycles. The molecule has 1 aliphatic rings. The van der Waals surface area contributed by atoms with Gasteiger partial charge in [0, 0.05) is 25.7 Å². The number of hydrogen-bond acceptors (Lipinski definition) is 4. The number of benzene rings is 1. The number of hydrogen-bond donors (Lipinski definition) is 0. The lowest BCUT2D eigenvalue weighted by atomic mass is 10.1. The maximum atomic E-state index is 11.5. The van der Waals surface area contributed by atoms with Gasteiger partial charge in [-0.05, 0) is 38.9 Å². The van der Waals surface area contributed by atoms with Crippen LogP contribution in [0, 0.1) is 6.92 Å². The number of likely N-dealkylation sites (N-methyl/N-ethyl adjacent to an activating group) is 1. The van der Waals surface area contributed by atoms with Crippen molar-refractivity contribution in [3.05, 3.63) is 29.8 Å². The molecule has 0 aliphatic carbocycles. The molecule has 0 radical (unpaired) electrons. The Morgan fingerprint density at radius 3 is 2.36 bits per heavy atom. The molecule has 1 heterocycles. The van der Waals surface area contributed by atoms with Gasteiger partial charge < -0.3 is 4.74 Å². The van der Waals surface area contributed by atoms with Crippen LogP contribution in [0.25, 0.3) is 0 Å². The number of ether oxygens (including phenoxy) is 1. The van der Waals surface area contributed by atoms with Gasteiger partial charge in [-0.15, -0.1) is 0 Å². The smallest absolute Gasteiger partial charge is 0.211 e. The Bertz CT molecular complexity index is 564. The zero-order valence-electron chi connectivity index (χ0n) is 13.7. The maximum Gasteiger partial charge on any atom is 0.211 e. The molecule has 0 amide bonds. The second kappa shape index (κ2) is 7.44. The van der Waals surface area contributed by atoms with E-state index in [1.165, 1.54) is 11.8 Å². The molecule has 5 nitrogen and oxygen atoms in total. The summed E-state index contributed by atoms with van der Waals surface area (Å²) in [7, 11) is -0.959. The van der Waals surface area contributed by atoms with Crippen molar-refractivity contribution in [3.63, 3.8) is 0 Å². The molecule has 0 unspecified atom stereocenters. The lowest BCUT2D eigenvalue weighted by molar-refractivity contribution is 0.145. The van der Waals surface area contributed by atoms with Gasteiger partial charge in [-0.3, -0.25) is 4.90 Å². The van der Waals surface area contributed by atoms with Gasteiger partial charge in [0.25, 0.3) is 0 Å². The summed E-state index contributed by atoms with van der Waals surface area (Å²) in [6.07, 6.45) is 3.05. The molecule has 22 heavy (non-hydrogen) atoms. The van der Waals surface area contributed by atoms with Gasteiger partial charge in [0.15, 0.2) is 0 Å². The van der Waals surface area contributed by atoms with Crippen LogP contribution in [0.15, 0.2) is 24.3 Å². The second-order valence-corrected chi connectivity index (χ2v) is 8.02. The normalized spacial score (nSPS) is 17.8. The van der Waals surface area contributed by atoms with Crippen LogP contribution in [0.5, 0.6) is 5.75 Å². The molecular formula is C16H26N2O3S. The third-order valence-corrected chi connectivity index (χ3v) is 5.55. The van der Waals surface area contributed by atoms with Crippen molar-refractivity contribution in [2.24, 2.45) is 0 Å². The summed E-state index contributed by atoms with van der Waals surface area (Å²) >= 11 is 0. The number of sulfonamides is 1. The van der Waals surface area contributed by atoms with E-state index in [0.717, 1.165) is 25.1 Å². The highest BCUT2D eigenvalue weighted by Crippen LogP contribution is 2.17. The van der Waals surface area contributed by atoms with E-state index >= 15 is 0 Å². The number of aryl methyl sites for hydroxylation is 1. The van der Waals surface area contributed by atoms with Crippen molar-refractivity contribution in [3.8, 4) is 5.75 Å². The highest BCUT2D eigenvalue weighted by molar-refractivity contribution is 7.88. The molecule has 0 N–H and O–H groups in total. The van der Waals surface area contributed by atoms with Crippen LogP contribution in [0.1, 0.15) is 18.4 Å². The molecule has 0 saturated carbocycles. The molecule has 2 rings (SSSR count). The quantitative estimate of drug-likeness (QED) is 0.799. The first-order chi connectivity index (χ1) is 10.4. The average molecular weight is 326 g/mol. The van der Waals surface area contributed by atoms with Gasteiger partial charge in [0.05, 0.1) is 6.26 Å². The van der Waals surface area contributed by atoms with E-state index in [0.29, 0.717) is 25.7 Å². The van der Waals surface area contributed by atoms with Gasteiger partial charge >= 0.3 is 0 Å². The SMILES string of the molecule is Cc1ccc(OCCN(C)C2CCN(S(C)(=O)=O)CC2)cc1. The summed E-state index contributed by atoms with van der Waals surface area (Å²) in [4.78, 5) is 2.27. The fourth-order valence-electron chi connectivity index (χ4n) is 2.74. The van der Waals surface area contributed by atoms with Crippen molar-refractivity contribution in [1.29, 1.82) is 0 Å². The molecular weight excluding hydrogens is 300 g/mol. The molecule has 6 heteroatoms. The van der Waals surface area contributed by atoms with E-state index in [1.54, 1.807) is 4.31 Å². The molecule has 0 bridgehead atoms. The first-order valence-corrected chi connectivity index (χ1v) is 9.56. The summed E-state index contributed by atoms with van der Waals surface area (Å²) in [5, 5.41) is 0. The average Bonchev–Trinajstić information content (AvgIpc) is 2.48. The van der Waals surface area contributed by atoms with E-state index in [-0.39, 0.29) is 0 Å². The first kappa shape index (κ1) is 17.2. The van der Waals surface area contributed by atoms with Crippen LogP contribution in [0.3, 0.4) is 0 Å². The summed E-state index contributed by atoms with van der Waals surface area (Å²) in [6, 6.07) is 8.49. The van der Waals surface area contributed by atoms with E-state index in [1.807, 2.05) is 24.3 Å². The molecule has 0 atom stereocenters. The molecule has 1 fully saturated rings. The third-order valence-electron chi connectivity index (χ3n) is 4.25. The Hall–Kier alpha value is -1.11. The largest absolute Gasteiger partial charge is 0.492 e. The van der Waals surface area contributed by atoms with Crippen molar-refractivity contribution < 1.29 is 13.2 Å². The highest BCUT2D eigenvalue weighted by atomic mass is 32.2. The summed E-state index contributed by atoms with van der Waals surface area (Å²) in [5.41, 5.74) is 1.22. The van der Waals surface area contributed by atoms with Crippen LogP contribution in [0.2, 0.25) is 0 Å². The fourth-order valence-corrected chi connectivity index (χ4v) is 3.61. The first-order valence-electron chi connectivity index (χ1n) is 7.71. The summed E-state index contributed by atoms with van der Waals surface area (Å²) in [5.74, 6) is 0.894. The summed E-state index contributed by atoms with van der Waals surface area (Å²) in [6.45, 7) is 4.78. The number of rotatable bonds is 6. The van der Waals surface area contributed by atoms with E-state index in [4.69, 9.17) is 4.74 Å². The predicted octanol–water partition coefficient (Wildman–Crippen LogP) is 1.73. The monoisotopic (exact) mass is 326 g/mol. The van der Waals surface area contributed by atoms with E-state index in [2.05, 4.69) is 18.9 Å². The van der Waals surface area contributed by atoms with E-state index < -0.39 is 10.0 Å². The second-order valence-electron chi connectivity index (χ2n) is 6.04. The minimum absolute atomic E-state index is 0.430. The van der Waals surface area contributed by atoms with Crippen molar-refractivity contribution in [2.75, 3.05) is 39.5 Å². The fraction of sp³-hybridized carbons (Fsp3) is 0.625. The Balaban J connectivity index is 1.72. The number of piperidine rings is 1. The Kier molecular flexibility index (Phi) is 5.83. The topological polar surface area (TPSA) is 49.9 Å². The molecule has 1 aromatic rings. The molecule has 1 aliphatic heterocycles. The van der Waals surface area contributed by atoms with Crippen molar-refractivity contribution in [2.45, 2.75) is 25.8 Å². The molecule has 1 saturated heterocycles. The van der Waals surface area contributed by atoms with Gasteiger partial charge in [-0.1, -0.05) is 17.7 Å². The third kappa shape index (κ3) is 4.97. The summed E-state index contributed by atoms with van der Waals surface area (Å²) < 4.78 is 30.3. The lowest BCUT2D eigenvalue weighted by Gasteiger charge is -2.35. The van der Waals surface area contributed by atoms with Gasteiger partial charge in [0.1, 0.15) is 12.4 Å². The minimum atomic E-state index is -3.04. The van der Waals surface area contributed by atoms with Crippen LogP contribution in [0.4, 0.5) is 0 Å². The van der Waals surface area contributed by atoms with Crippen LogP contribution in [-0.2, 0) is 10.0 Å². The van der Waals surface area contributed by atoms with Crippen LogP contribution < -0.4 is 4.74 Å². The lowest BCUT2D eigenvalue weighted by Crippen LogP contribution is -2.46.